The quantitative estimate of drug-likeness (QED) is 0.908. The van der Waals surface area contributed by atoms with Gasteiger partial charge in [-0.1, -0.05) is 12.8 Å². The van der Waals surface area contributed by atoms with Crippen LogP contribution in [0.5, 0.6) is 5.75 Å². The molecule has 1 amide bonds. The van der Waals surface area contributed by atoms with E-state index in [-0.39, 0.29) is 17.8 Å². The maximum atomic E-state index is 12.8. The van der Waals surface area contributed by atoms with Crippen molar-refractivity contribution in [1.82, 2.24) is 5.32 Å². The van der Waals surface area contributed by atoms with Gasteiger partial charge in [0.15, 0.2) is 5.60 Å². The van der Waals surface area contributed by atoms with Crippen LogP contribution < -0.4 is 10.1 Å². The number of nitrogens with one attached hydrogen (secondary N) is 1. The Hall–Kier alpha value is -1.58. The molecule has 2 rings (SSSR count). The van der Waals surface area contributed by atoms with Crippen molar-refractivity contribution in [3.63, 3.8) is 0 Å². The van der Waals surface area contributed by atoms with Gasteiger partial charge in [0, 0.05) is 6.04 Å². The molecule has 1 saturated carbocycles. The van der Waals surface area contributed by atoms with E-state index in [1.54, 1.807) is 13.8 Å². The van der Waals surface area contributed by atoms with Crippen molar-refractivity contribution >= 4 is 5.91 Å². The molecule has 104 valence electrons. The number of hydrogen-bond acceptors (Lipinski definition) is 2. The van der Waals surface area contributed by atoms with Gasteiger partial charge in [-0.2, -0.15) is 0 Å². The molecule has 0 bridgehead atoms. The Morgan fingerprint density at radius 3 is 2.42 bits per heavy atom. The molecule has 1 aliphatic carbocycles. The van der Waals surface area contributed by atoms with Crippen LogP contribution in [0.15, 0.2) is 24.3 Å². The van der Waals surface area contributed by atoms with E-state index in [0.717, 1.165) is 12.8 Å². The molecule has 1 aliphatic rings. The molecule has 0 saturated heterocycles. The number of carbonyl (C=O) groups excluding carboxylic acids is 1. The summed E-state index contributed by atoms with van der Waals surface area (Å²) in [5, 5.41) is 3.01. The maximum absolute atomic E-state index is 12.8. The summed E-state index contributed by atoms with van der Waals surface area (Å²) in [4.78, 5) is 12.2. The van der Waals surface area contributed by atoms with Crippen LogP contribution in [0.2, 0.25) is 0 Å². The molecule has 3 nitrogen and oxygen atoms in total. The summed E-state index contributed by atoms with van der Waals surface area (Å²) in [6, 6.07) is 5.96. The molecule has 1 N–H and O–H groups in total. The minimum atomic E-state index is -0.958. The van der Waals surface area contributed by atoms with Gasteiger partial charge in [0.1, 0.15) is 11.6 Å². The molecule has 0 atom stereocenters. The fourth-order valence-electron chi connectivity index (χ4n) is 2.27. The number of benzene rings is 1. The SMILES string of the molecule is CC(C)(Oc1ccc(F)cc1)C(=O)NC1CCCC1. The second-order valence-electron chi connectivity index (χ2n) is 5.52. The van der Waals surface area contributed by atoms with Crippen molar-refractivity contribution in [3.8, 4) is 5.75 Å². The van der Waals surface area contributed by atoms with E-state index < -0.39 is 5.60 Å². The standard InChI is InChI=1S/C15H20FNO2/c1-15(2,14(18)17-12-5-3-4-6-12)19-13-9-7-11(16)8-10-13/h7-10,12H,3-6H2,1-2H3,(H,17,18). The zero-order valence-electron chi connectivity index (χ0n) is 11.4. The zero-order chi connectivity index (χ0) is 13.9. The summed E-state index contributed by atoms with van der Waals surface area (Å²) in [6.07, 6.45) is 4.42. The van der Waals surface area contributed by atoms with Crippen LogP contribution in [-0.4, -0.2) is 17.6 Å². The minimum absolute atomic E-state index is 0.122. The lowest BCUT2D eigenvalue weighted by molar-refractivity contribution is -0.134. The molecule has 0 aliphatic heterocycles. The minimum Gasteiger partial charge on any atom is -0.478 e. The van der Waals surface area contributed by atoms with Gasteiger partial charge in [-0.3, -0.25) is 4.79 Å². The van der Waals surface area contributed by atoms with E-state index in [0.29, 0.717) is 5.75 Å². The highest BCUT2D eigenvalue weighted by molar-refractivity contribution is 5.85. The number of carbonyl (C=O) groups is 1. The lowest BCUT2D eigenvalue weighted by Gasteiger charge is -2.27. The van der Waals surface area contributed by atoms with Crippen LogP contribution in [0.4, 0.5) is 4.39 Å². The molecule has 1 aromatic carbocycles. The van der Waals surface area contributed by atoms with Crippen molar-refractivity contribution in [2.24, 2.45) is 0 Å². The van der Waals surface area contributed by atoms with Gasteiger partial charge in [-0.05, 0) is 51.0 Å². The molecule has 0 radical (unpaired) electrons. The first-order valence-corrected chi connectivity index (χ1v) is 6.73. The van der Waals surface area contributed by atoms with E-state index in [4.69, 9.17) is 4.74 Å². The lowest BCUT2D eigenvalue weighted by Crippen LogP contribution is -2.49. The van der Waals surface area contributed by atoms with Crippen molar-refractivity contribution in [1.29, 1.82) is 0 Å². The van der Waals surface area contributed by atoms with Crippen LogP contribution in [0.3, 0.4) is 0 Å². The Bertz CT molecular complexity index is 436. The first-order chi connectivity index (χ1) is 8.97. The third-order valence-electron chi connectivity index (χ3n) is 3.42. The molecular formula is C15H20FNO2. The Labute approximate surface area is 113 Å². The van der Waals surface area contributed by atoms with E-state index in [2.05, 4.69) is 5.32 Å². The molecule has 1 aromatic rings. The smallest absolute Gasteiger partial charge is 0.263 e. The molecule has 0 unspecified atom stereocenters. The van der Waals surface area contributed by atoms with Gasteiger partial charge in [-0.25, -0.2) is 4.39 Å². The van der Waals surface area contributed by atoms with Crippen LogP contribution >= 0.6 is 0 Å². The van der Waals surface area contributed by atoms with Gasteiger partial charge in [0.05, 0.1) is 0 Å². The van der Waals surface area contributed by atoms with E-state index in [9.17, 15) is 9.18 Å². The number of hydrogen-bond donors (Lipinski definition) is 1. The third kappa shape index (κ3) is 3.69. The zero-order valence-corrected chi connectivity index (χ0v) is 11.4. The second kappa shape index (κ2) is 5.59. The summed E-state index contributed by atoms with van der Waals surface area (Å²) in [5.41, 5.74) is -0.958. The van der Waals surface area contributed by atoms with Crippen LogP contribution in [0.25, 0.3) is 0 Å². The largest absolute Gasteiger partial charge is 0.478 e. The van der Waals surface area contributed by atoms with Gasteiger partial charge < -0.3 is 10.1 Å². The number of halogens is 1. The molecular weight excluding hydrogens is 245 g/mol. The first kappa shape index (κ1) is 13.8. The molecule has 0 spiro atoms. The lowest BCUT2D eigenvalue weighted by atomic mass is 10.1. The third-order valence-corrected chi connectivity index (χ3v) is 3.42. The van der Waals surface area contributed by atoms with E-state index in [1.807, 2.05) is 0 Å². The average Bonchev–Trinajstić information content (AvgIpc) is 2.84. The van der Waals surface area contributed by atoms with Crippen LogP contribution in [0.1, 0.15) is 39.5 Å². The molecule has 1 fully saturated rings. The summed E-state index contributed by atoms with van der Waals surface area (Å²) >= 11 is 0. The maximum Gasteiger partial charge on any atom is 0.263 e. The monoisotopic (exact) mass is 265 g/mol. The summed E-state index contributed by atoms with van der Waals surface area (Å²) < 4.78 is 18.5. The number of ether oxygens (including phenoxy) is 1. The Kier molecular flexibility index (Phi) is 4.08. The number of amides is 1. The molecule has 19 heavy (non-hydrogen) atoms. The predicted octanol–water partition coefficient (Wildman–Crippen LogP) is 3.04. The van der Waals surface area contributed by atoms with Gasteiger partial charge in [0.2, 0.25) is 0 Å². The highest BCUT2D eigenvalue weighted by Crippen LogP contribution is 2.21. The fraction of sp³-hybridized carbons (Fsp3) is 0.533. The van der Waals surface area contributed by atoms with Crippen LogP contribution in [0, 0.1) is 5.82 Å². The van der Waals surface area contributed by atoms with Gasteiger partial charge in [-0.15, -0.1) is 0 Å². The number of rotatable bonds is 4. The predicted molar refractivity (Wildman–Crippen MR) is 71.5 cm³/mol. The summed E-state index contributed by atoms with van der Waals surface area (Å²) in [7, 11) is 0. The highest BCUT2D eigenvalue weighted by Gasteiger charge is 2.32. The van der Waals surface area contributed by atoms with Gasteiger partial charge in [0.25, 0.3) is 5.91 Å². The van der Waals surface area contributed by atoms with Crippen molar-refractivity contribution in [2.45, 2.75) is 51.2 Å². The average molecular weight is 265 g/mol. The Morgan fingerprint density at radius 1 is 1.26 bits per heavy atom. The van der Waals surface area contributed by atoms with E-state index in [1.165, 1.54) is 37.1 Å². The highest BCUT2D eigenvalue weighted by atomic mass is 19.1. The van der Waals surface area contributed by atoms with Crippen molar-refractivity contribution in [2.75, 3.05) is 0 Å². The summed E-state index contributed by atoms with van der Waals surface area (Å²) in [6.45, 7) is 3.45. The molecule has 0 aromatic heterocycles. The first-order valence-electron chi connectivity index (χ1n) is 6.73. The molecule has 0 heterocycles. The van der Waals surface area contributed by atoms with Crippen molar-refractivity contribution in [3.05, 3.63) is 30.1 Å². The van der Waals surface area contributed by atoms with E-state index >= 15 is 0 Å². The topological polar surface area (TPSA) is 38.3 Å². The second-order valence-corrected chi connectivity index (χ2v) is 5.52. The van der Waals surface area contributed by atoms with Gasteiger partial charge >= 0.3 is 0 Å². The summed E-state index contributed by atoms with van der Waals surface area (Å²) in [5.74, 6) is 0.0530. The Balaban J connectivity index is 1.96. The van der Waals surface area contributed by atoms with Crippen LogP contribution in [-0.2, 0) is 4.79 Å². The van der Waals surface area contributed by atoms with Crippen molar-refractivity contribution < 1.29 is 13.9 Å². The Morgan fingerprint density at radius 2 is 1.84 bits per heavy atom. The normalized spacial score (nSPS) is 16.4. The fourth-order valence-corrected chi connectivity index (χ4v) is 2.27. The molecule has 4 heteroatoms.